The van der Waals surface area contributed by atoms with Crippen molar-refractivity contribution < 1.29 is 0 Å². The Bertz CT molecular complexity index is 530. The van der Waals surface area contributed by atoms with Crippen LogP contribution in [0.5, 0.6) is 0 Å². The predicted octanol–water partition coefficient (Wildman–Crippen LogP) is 6.95. The molecule has 0 aliphatic rings. The summed E-state index contributed by atoms with van der Waals surface area (Å²) in [6.07, 6.45) is 0. The second-order valence-corrected chi connectivity index (χ2v) is 8.01. The minimum absolute atomic E-state index is 0.195. The van der Waals surface area contributed by atoms with Gasteiger partial charge in [-0.05, 0) is 48.6 Å². The average Bonchev–Trinajstić information content (AvgIpc) is 2.46. The van der Waals surface area contributed by atoms with Gasteiger partial charge in [-0.2, -0.15) is 0 Å². The van der Waals surface area contributed by atoms with Gasteiger partial charge in [-0.25, -0.2) is 0 Å². The van der Waals surface area contributed by atoms with Gasteiger partial charge in [0.25, 0.3) is 5.56 Å². The Morgan fingerprint density at radius 2 is 0.958 bits per heavy atom. The molecular formula is C22H41NO. The Labute approximate surface area is 150 Å². The van der Waals surface area contributed by atoms with Gasteiger partial charge in [-0.3, -0.25) is 4.79 Å². The van der Waals surface area contributed by atoms with Crippen LogP contribution in [0, 0.1) is 0 Å². The number of rotatable bonds is 5. The van der Waals surface area contributed by atoms with Crippen LogP contribution in [0.3, 0.4) is 0 Å². The third-order valence-electron chi connectivity index (χ3n) is 4.36. The molecule has 1 rings (SSSR count). The third-order valence-corrected chi connectivity index (χ3v) is 4.36. The Hall–Kier alpha value is -1.05. The first-order valence-corrected chi connectivity index (χ1v) is 9.84. The molecule has 0 aliphatic heterocycles. The second-order valence-electron chi connectivity index (χ2n) is 8.01. The Kier molecular flexibility index (Phi) is 9.02. The summed E-state index contributed by atoms with van der Waals surface area (Å²) in [5, 5.41) is 0. The van der Waals surface area contributed by atoms with Gasteiger partial charge in [0.2, 0.25) is 0 Å². The average molecular weight is 336 g/mol. The highest BCUT2D eigenvalue weighted by Crippen LogP contribution is 2.37. The standard InChI is InChI=1S/C20H35NO.C2H6/c1-11(2)16-17(12(3)4)19(14(7)8)21(15(9)10)20(22)18(16)13(5)6;1-2/h11-15H,1-10H3;1-2H3. The van der Waals surface area contributed by atoms with Crippen molar-refractivity contribution in [1.82, 2.24) is 4.57 Å². The van der Waals surface area contributed by atoms with Crippen molar-refractivity contribution in [2.75, 3.05) is 0 Å². The predicted molar refractivity (Wildman–Crippen MR) is 109 cm³/mol. The summed E-state index contributed by atoms with van der Waals surface area (Å²) in [7, 11) is 0. The van der Waals surface area contributed by atoms with Gasteiger partial charge in [0.1, 0.15) is 0 Å². The summed E-state index contributed by atoms with van der Waals surface area (Å²) in [4.78, 5) is 13.2. The van der Waals surface area contributed by atoms with Crippen molar-refractivity contribution >= 4 is 0 Å². The molecule has 0 bridgehead atoms. The van der Waals surface area contributed by atoms with Crippen molar-refractivity contribution in [2.24, 2.45) is 0 Å². The highest BCUT2D eigenvalue weighted by molar-refractivity contribution is 5.44. The molecule has 1 aromatic rings. The molecule has 0 amide bonds. The maximum atomic E-state index is 13.2. The highest BCUT2D eigenvalue weighted by Gasteiger charge is 2.28. The summed E-state index contributed by atoms with van der Waals surface area (Å²) in [6.45, 7) is 25.9. The molecule has 140 valence electrons. The van der Waals surface area contributed by atoms with Gasteiger partial charge in [-0.1, -0.05) is 69.2 Å². The van der Waals surface area contributed by atoms with Gasteiger partial charge in [0.15, 0.2) is 0 Å². The van der Waals surface area contributed by atoms with Crippen LogP contribution in [0.2, 0.25) is 0 Å². The molecule has 0 aliphatic carbocycles. The van der Waals surface area contributed by atoms with Crippen LogP contribution in [-0.2, 0) is 0 Å². The van der Waals surface area contributed by atoms with E-state index in [1.807, 2.05) is 13.8 Å². The lowest BCUT2D eigenvalue weighted by molar-refractivity contribution is 0.511. The fourth-order valence-electron chi connectivity index (χ4n) is 3.66. The van der Waals surface area contributed by atoms with E-state index in [1.54, 1.807) is 0 Å². The smallest absolute Gasteiger partial charge is 0.254 e. The molecule has 0 unspecified atom stereocenters. The van der Waals surface area contributed by atoms with Gasteiger partial charge in [0, 0.05) is 17.3 Å². The number of hydrogen-bond acceptors (Lipinski definition) is 1. The molecule has 0 aromatic carbocycles. The Balaban J connectivity index is 0.00000254. The van der Waals surface area contributed by atoms with Crippen LogP contribution in [-0.4, -0.2) is 4.57 Å². The van der Waals surface area contributed by atoms with E-state index < -0.39 is 0 Å². The van der Waals surface area contributed by atoms with Crippen LogP contribution < -0.4 is 5.56 Å². The summed E-state index contributed by atoms with van der Waals surface area (Å²) in [5.74, 6) is 1.42. The lowest BCUT2D eigenvalue weighted by atomic mass is 9.81. The van der Waals surface area contributed by atoms with E-state index in [0.717, 1.165) is 5.56 Å². The zero-order valence-corrected chi connectivity index (χ0v) is 18.2. The number of aromatic nitrogens is 1. The minimum atomic E-state index is 0.195. The highest BCUT2D eigenvalue weighted by atomic mass is 16.1. The van der Waals surface area contributed by atoms with Gasteiger partial charge in [0.05, 0.1) is 0 Å². The SMILES string of the molecule is CC.CC(C)c1c(C(C)C)c(C(C)C)n(C(C)C)c(=O)c1C(C)C. The molecule has 2 nitrogen and oxygen atoms in total. The summed E-state index contributed by atoms with van der Waals surface area (Å²) >= 11 is 0. The number of hydrogen-bond donors (Lipinski definition) is 0. The largest absolute Gasteiger partial charge is 0.309 e. The zero-order valence-electron chi connectivity index (χ0n) is 18.2. The molecule has 0 spiro atoms. The molecule has 2 heteroatoms. The van der Waals surface area contributed by atoms with Crippen molar-refractivity contribution in [3.8, 4) is 0 Å². The van der Waals surface area contributed by atoms with Crippen LogP contribution >= 0.6 is 0 Å². The van der Waals surface area contributed by atoms with Crippen molar-refractivity contribution in [3.05, 3.63) is 32.7 Å². The van der Waals surface area contributed by atoms with E-state index in [2.05, 4.69) is 73.8 Å². The normalized spacial score (nSPS) is 11.7. The molecule has 0 saturated heterocycles. The molecule has 1 heterocycles. The molecule has 1 aromatic heterocycles. The lowest BCUT2D eigenvalue weighted by Crippen LogP contribution is -2.33. The molecule has 0 saturated carbocycles. The summed E-state index contributed by atoms with van der Waals surface area (Å²) in [5.41, 5.74) is 5.19. The van der Waals surface area contributed by atoms with Crippen LogP contribution in [0.1, 0.15) is 135 Å². The van der Waals surface area contributed by atoms with Gasteiger partial charge >= 0.3 is 0 Å². The first-order chi connectivity index (χ1) is 11.0. The molecule has 24 heavy (non-hydrogen) atoms. The van der Waals surface area contributed by atoms with E-state index in [0.29, 0.717) is 17.8 Å². The van der Waals surface area contributed by atoms with Crippen LogP contribution in [0.25, 0.3) is 0 Å². The van der Waals surface area contributed by atoms with Crippen molar-refractivity contribution in [2.45, 2.75) is 113 Å². The fourth-order valence-corrected chi connectivity index (χ4v) is 3.66. The van der Waals surface area contributed by atoms with E-state index in [4.69, 9.17) is 0 Å². The lowest BCUT2D eigenvalue weighted by Gasteiger charge is -2.31. The molecule has 0 fully saturated rings. The topological polar surface area (TPSA) is 22.0 Å². The summed E-state index contributed by atoms with van der Waals surface area (Å²) < 4.78 is 2.06. The van der Waals surface area contributed by atoms with Crippen molar-refractivity contribution in [3.63, 3.8) is 0 Å². The Morgan fingerprint density at radius 1 is 0.583 bits per heavy atom. The van der Waals surface area contributed by atoms with E-state index >= 15 is 0 Å². The van der Waals surface area contributed by atoms with E-state index in [1.165, 1.54) is 16.8 Å². The monoisotopic (exact) mass is 335 g/mol. The first kappa shape index (κ1) is 22.9. The molecule has 0 radical (unpaired) electrons. The Morgan fingerprint density at radius 3 is 1.21 bits per heavy atom. The van der Waals surface area contributed by atoms with E-state index in [9.17, 15) is 4.79 Å². The number of nitrogens with zero attached hydrogens (tertiary/aromatic N) is 1. The quantitative estimate of drug-likeness (QED) is 0.570. The van der Waals surface area contributed by atoms with Crippen molar-refractivity contribution in [1.29, 1.82) is 0 Å². The first-order valence-electron chi connectivity index (χ1n) is 9.84. The maximum Gasteiger partial charge on any atom is 0.254 e. The van der Waals surface area contributed by atoms with Gasteiger partial charge < -0.3 is 4.57 Å². The second kappa shape index (κ2) is 9.44. The van der Waals surface area contributed by atoms with Crippen LogP contribution in [0.4, 0.5) is 0 Å². The maximum absolute atomic E-state index is 13.2. The molecular weight excluding hydrogens is 294 g/mol. The number of pyridine rings is 1. The molecule has 0 N–H and O–H groups in total. The zero-order chi connectivity index (χ0) is 19.4. The van der Waals surface area contributed by atoms with E-state index in [-0.39, 0.29) is 17.5 Å². The van der Waals surface area contributed by atoms with Crippen LogP contribution in [0.15, 0.2) is 4.79 Å². The molecule has 0 atom stereocenters. The summed E-state index contributed by atoms with van der Waals surface area (Å²) in [6, 6.07) is 0.195. The third kappa shape index (κ3) is 4.52. The minimum Gasteiger partial charge on any atom is -0.309 e. The fraction of sp³-hybridized carbons (Fsp3) is 0.773. The van der Waals surface area contributed by atoms with Gasteiger partial charge in [-0.15, -0.1) is 0 Å².